The number of sulfonamides is 1. The van der Waals surface area contributed by atoms with Crippen LogP contribution in [0.5, 0.6) is 0 Å². The molecule has 4 aromatic rings. The van der Waals surface area contributed by atoms with Gasteiger partial charge in [0.1, 0.15) is 12.6 Å². The topological polar surface area (TPSA) is 86.8 Å². The van der Waals surface area contributed by atoms with E-state index in [9.17, 15) is 18.0 Å². The van der Waals surface area contributed by atoms with Gasteiger partial charge in [-0.05, 0) is 54.8 Å². The molecule has 1 unspecified atom stereocenters. The van der Waals surface area contributed by atoms with Crippen LogP contribution in [0, 0.1) is 13.8 Å². The highest BCUT2D eigenvalue weighted by atomic mass is 35.5. The van der Waals surface area contributed by atoms with Gasteiger partial charge in [-0.2, -0.15) is 0 Å². The molecule has 7 nitrogen and oxygen atoms in total. The minimum atomic E-state index is -4.19. The highest BCUT2D eigenvalue weighted by molar-refractivity contribution is 7.92. The lowest BCUT2D eigenvalue weighted by Crippen LogP contribution is -2.53. The minimum Gasteiger partial charge on any atom is -0.357 e. The monoisotopic (exact) mass is 603 g/mol. The van der Waals surface area contributed by atoms with Gasteiger partial charge in [-0.25, -0.2) is 8.42 Å². The van der Waals surface area contributed by atoms with Gasteiger partial charge >= 0.3 is 0 Å². The average molecular weight is 604 g/mol. The standard InChI is InChI=1S/C33H34ClN3O4S/c1-24-12-10-15-27(20-24)22-36(31(33(39)35-3)21-26-13-6-4-7-14-26)32(38)23-37(30-19-11-18-29(34)25(30)2)42(40,41)28-16-8-5-9-17-28/h4-20,31H,21-23H2,1-3H3,(H,35,39). The van der Waals surface area contributed by atoms with E-state index in [2.05, 4.69) is 5.32 Å². The Hall–Kier alpha value is -4.14. The van der Waals surface area contributed by atoms with Crippen LogP contribution in [-0.4, -0.2) is 44.8 Å². The number of benzene rings is 4. The fourth-order valence-corrected chi connectivity index (χ4v) is 6.49. The van der Waals surface area contributed by atoms with E-state index in [4.69, 9.17) is 11.6 Å². The van der Waals surface area contributed by atoms with Crippen LogP contribution in [0.25, 0.3) is 0 Å². The molecule has 0 bridgehead atoms. The van der Waals surface area contributed by atoms with Crippen molar-refractivity contribution in [3.8, 4) is 0 Å². The summed E-state index contributed by atoms with van der Waals surface area (Å²) in [6.45, 7) is 3.24. The van der Waals surface area contributed by atoms with E-state index in [0.717, 1.165) is 21.0 Å². The van der Waals surface area contributed by atoms with E-state index >= 15 is 0 Å². The van der Waals surface area contributed by atoms with Crippen molar-refractivity contribution < 1.29 is 18.0 Å². The molecule has 218 valence electrons. The van der Waals surface area contributed by atoms with Gasteiger partial charge in [0.2, 0.25) is 11.8 Å². The molecule has 0 saturated carbocycles. The van der Waals surface area contributed by atoms with Crippen molar-refractivity contribution in [2.75, 3.05) is 17.9 Å². The third kappa shape index (κ3) is 7.19. The molecule has 0 spiro atoms. The molecule has 4 rings (SSSR count). The van der Waals surface area contributed by atoms with Gasteiger partial charge in [0.15, 0.2) is 0 Å². The third-order valence-electron chi connectivity index (χ3n) is 7.07. The number of hydrogen-bond donors (Lipinski definition) is 1. The summed E-state index contributed by atoms with van der Waals surface area (Å²) in [6, 6.07) is 29.1. The summed E-state index contributed by atoms with van der Waals surface area (Å²) < 4.78 is 29.2. The summed E-state index contributed by atoms with van der Waals surface area (Å²) in [5.74, 6) is -0.879. The lowest BCUT2D eigenvalue weighted by atomic mass is 10.0. The number of nitrogens with one attached hydrogen (secondary N) is 1. The van der Waals surface area contributed by atoms with Gasteiger partial charge < -0.3 is 10.2 Å². The number of carbonyl (C=O) groups excluding carboxylic acids is 2. The smallest absolute Gasteiger partial charge is 0.264 e. The number of nitrogens with zero attached hydrogens (tertiary/aromatic N) is 2. The molecule has 2 amide bonds. The van der Waals surface area contributed by atoms with Gasteiger partial charge in [0, 0.05) is 25.0 Å². The molecule has 0 fully saturated rings. The molecule has 9 heteroatoms. The maximum atomic E-state index is 14.3. The van der Waals surface area contributed by atoms with Crippen molar-refractivity contribution in [1.29, 1.82) is 0 Å². The zero-order valence-corrected chi connectivity index (χ0v) is 25.4. The fraction of sp³-hybridized carbons (Fsp3) is 0.212. The molecule has 0 aliphatic carbocycles. The Morgan fingerprint density at radius 2 is 1.45 bits per heavy atom. The van der Waals surface area contributed by atoms with E-state index in [-0.39, 0.29) is 29.5 Å². The molecule has 1 atom stereocenters. The molecule has 4 aromatic carbocycles. The van der Waals surface area contributed by atoms with Gasteiger partial charge in [0.05, 0.1) is 10.6 Å². The van der Waals surface area contributed by atoms with Gasteiger partial charge in [-0.3, -0.25) is 13.9 Å². The lowest BCUT2D eigenvalue weighted by molar-refractivity contribution is -0.139. The van der Waals surface area contributed by atoms with E-state index in [1.165, 1.54) is 24.1 Å². The van der Waals surface area contributed by atoms with Crippen LogP contribution in [0.3, 0.4) is 0 Å². The maximum absolute atomic E-state index is 14.3. The number of amides is 2. The molecular weight excluding hydrogens is 570 g/mol. The molecule has 0 aliphatic rings. The molecule has 0 radical (unpaired) electrons. The molecule has 0 heterocycles. The summed E-state index contributed by atoms with van der Waals surface area (Å²) in [7, 11) is -2.66. The van der Waals surface area contributed by atoms with Crippen molar-refractivity contribution in [1.82, 2.24) is 10.2 Å². The van der Waals surface area contributed by atoms with Crippen molar-refractivity contribution in [3.05, 3.63) is 130 Å². The predicted molar refractivity (Wildman–Crippen MR) is 167 cm³/mol. The van der Waals surface area contributed by atoms with Gasteiger partial charge in [0.25, 0.3) is 10.0 Å². The maximum Gasteiger partial charge on any atom is 0.264 e. The first-order valence-corrected chi connectivity index (χ1v) is 15.4. The van der Waals surface area contributed by atoms with Crippen LogP contribution < -0.4 is 9.62 Å². The zero-order valence-electron chi connectivity index (χ0n) is 23.8. The van der Waals surface area contributed by atoms with E-state index in [1.807, 2.05) is 61.5 Å². The lowest BCUT2D eigenvalue weighted by Gasteiger charge is -2.34. The summed E-state index contributed by atoms with van der Waals surface area (Å²) in [5, 5.41) is 3.07. The first-order valence-electron chi connectivity index (χ1n) is 13.5. The molecular formula is C33H34ClN3O4S. The molecule has 1 N–H and O–H groups in total. The Balaban J connectivity index is 1.81. The number of hydrogen-bond acceptors (Lipinski definition) is 4. The van der Waals surface area contributed by atoms with Gasteiger partial charge in [-0.15, -0.1) is 0 Å². The van der Waals surface area contributed by atoms with Crippen LogP contribution in [0.4, 0.5) is 5.69 Å². The number of carbonyl (C=O) groups is 2. The Bertz CT molecular complexity index is 1650. The predicted octanol–water partition coefficient (Wildman–Crippen LogP) is 5.54. The Kier molecular flexibility index (Phi) is 10.0. The molecule has 0 aromatic heterocycles. The van der Waals surface area contributed by atoms with Crippen molar-refractivity contribution in [2.45, 2.75) is 37.8 Å². The normalized spacial score (nSPS) is 11.9. The van der Waals surface area contributed by atoms with E-state index in [0.29, 0.717) is 10.6 Å². The van der Waals surface area contributed by atoms with Crippen LogP contribution in [0.15, 0.2) is 108 Å². The SMILES string of the molecule is CNC(=O)C(Cc1ccccc1)N(Cc1cccc(C)c1)C(=O)CN(c1cccc(Cl)c1C)S(=O)(=O)c1ccccc1. The zero-order chi connectivity index (χ0) is 30.3. The van der Waals surface area contributed by atoms with Gasteiger partial charge in [-0.1, -0.05) is 96.0 Å². The van der Waals surface area contributed by atoms with Crippen LogP contribution in [0.1, 0.15) is 22.3 Å². The van der Waals surface area contributed by atoms with Crippen molar-refractivity contribution in [3.63, 3.8) is 0 Å². The number of anilines is 1. The first-order chi connectivity index (χ1) is 20.1. The minimum absolute atomic E-state index is 0.0366. The summed E-state index contributed by atoms with van der Waals surface area (Å²) in [5.41, 5.74) is 3.50. The second kappa shape index (κ2) is 13.7. The first kappa shape index (κ1) is 30.8. The summed E-state index contributed by atoms with van der Waals surface area (Å²) in [6.07, 6.45) is 0.250. The number of halogens is 1. The third-order valence-corrected chi connectivity index (χ3v) is 9.25. The number of aryl methyl sites for hydroxylation is 1. The highest BCUT2D eigenvalue weighted by Gasteiger charge is 2.35. The Morgan fingerprint density at radius 3 is 2.10 bits per heavy atom. The Morgan fingerprint density at radius 1 is 0.833 bits per heavy atom. The molecule has 0 saturated heterocycles. The molecule has 0 aliphatic heterocycles. The fourth-order valence-electron chi connectivity index (χ4n) is 4.83. The van der Waals surface area contributed by atoms with Crippen LogP contribution >= 0.6 is 11.6 Å². The Labute approximate surface area is 252 Å². The van der Waals surface area contributed by atoms with Crippen molar-refractivity contribution in [2.24, 2.45) is 0 Å². The second-order valence-corrected chi connectivity index (χ2v) is 12.3. The highest BCUT2D eigenvalue weighted by Crippen LogP contribution is 2.31. The van der Waals surface area contributed by atoms with Crippen LogP contribution in [0.2, 0.25) is 5.02 Å². The van der Waals surface area contributed by atoms with E-state index in [1.54, 1.807) is 43.3 Å². The number of rotatable bonds is 11. The number of likely N-dealkylation sites (N-methyl/N-ethyl adjacent to an activating group) is 1. The summed E-state index contributed by atoms with van der Waals surface area (Å²) in [4.78, 5) is 29.2. The van der Waals surface area contributed by atoms with Crippen molar-refractivity contribution >= 4 is 39.1 Å². The summed E-state index contributed by atoms with van der Waals surface area (Å²) >= 11 is 6.41. The average Bonchev–Trinajstić information content (AvgIpc) is 2.99. The largest absolute Gasteiger partial charge is 0.357 e. The molecule has 42 heavy (non-hydrogen) atoms. The van der Waals surface area contributed by atoms with Crippen LogP contribution in [-0.2, 0) is 32.6 Å². The second-order valence-electron chi connectivity index (χ2n) is 10.0. The quantitative estimate of drug-likeness (QED) is 0.244. The van der Waals surface area contributed by atoms with E-state index < -0.39 is 28.5 Å².